The molecule has 0 aliphatic carbocycles. The minimum absolute atomic E-state index is 0.00152. The summed E-state index contributed by atoms with van der Waals surface area (Å²) in [6.07, 6.45) is 0.612. The third-order valence-corrected chi connectivity index (χ3v) is 3.15. The molecule has 17 heavy (non-hydrogen) atoms. The molecule has 0 atom stereocenters. The van der Waals surface area contributed by atoms with Crippen LogP contribution < -0.4 is 0 Å². The smallest absolute Gasteiger partial charge is 0.283 e. The van der Waals surface area contributed by atoms with E-state index in [9.17, 15) is 14.9 Å². The highest BCUT2D eigenvalue weighted by Crippen LogP contribution is 2.29. The fourth-order valence-electron chi connectivity index (χ4n) is 1.21. The summed E-state index contributed by atoms with van der Waals surface area (Å²) >= 11 is 1.42. The van der Waals surface area contributed by atoms with Crippen LogP contribution in [0.2, 0.25) is 0 Å². The molecule has 0 saturated carbocycles. The largest absolute Gasteiger partial charge is 0.309 e. The quantitative estimate of drug-likeness (QED) is 0.336. The van der Waals surface area contributed by atoms with Crippen molar-refractivity contribution in [2.45, 2.75) is 4.90 Å². The van der Waals surface area contributed by atoms with E-state index in [2.05, 4.69) is 0 Å². The molecule has 5 nitrogen and oxygen atoms in total. The average molecular weight is 254 g/mol. The number of rotatable bonds is 6. The van der Waals surface area contributed by atoms with Crippen molar-refractivity contribution in [1.82, 2.24) is 4.90 Å². The van der Waals surface area contributed by atoms with E-state index in [1.54, 1.807) is 12.1 Å². The fourth-order valence-corrected chi connectivity index (χ4v) is 2.33. The molecule has 0 bridgehead atoms. The van der Waals surface area contributed by atoms with Crippen LogP contribution in [-0.4, -0.2) is 42.5 Å². The first-order chi connectivity index (χ1) is 8.04. The minimum Gasteiger partial charge on any atom is -0.309 e. The van der Waals surface area contributed by atoms with Crippen molar-refractivity contribution >= 4 is 23.7 Å². The number of nitro groups is 1. The number of nitrogens with zero attached hydrogens (tertiary/aromatic N) is 2. The summed E-state index contributed by atoms with van der Waals surface area (Å²) in [6, 6.07) is 4.53. The van der Waals surface area contributed by atoms with E-state index in [1.165, 1.54) is 17.8 Å². The summed E-state index contributed by atoms with van der Waals surface area (Å²) in [5.41, 5.74) is 0.326. The lowest BCUT2D eigenvalue weighted by Gasteiger charge is -2.08. The SMILES string of the molecule is CN(C)CCSc1ccc(C=O)cc1[N+](=O)[O-]. The number of hydrogen-bond acceptors (Lipinski definition) is 5. The molecule has 6 heteroatoms. The summed E-state index contributed by atoms with van der Waals surface area (Å²) in [6.45, 7) is 0.844. The first-order valence-electron chi connectivity index (χ1n) is 5.05. The van der Waals surface area contributed by atoms with E-state index in [0.29, 0.717) is 16.7 Å². The van der Waals surface area contributed by atoms with Gasteiger partial charge in [-0.1, -0.05) is 6.07 Å². The number of hydrogen-bond donors (Lipinski definition) is 0. The van der Waals surface area contributed by atoms with Crippen LogP contribution in [-0.2, 0) is 0 Å². The lowest BCUT2D eigenvalue weighted by Crippen LogP contribution is -2.14. The van der Waals surface area contributed by atoms with Crippen molar-refractivity contribution in [1.29, 1.82) is 0 Å². The Bertz CT molecular complexity index is 421. The highest BCUT2D eigenvalue weighted by atomic mass is 32.2. The summed E-state index contributed by atoms with van der Waals surface area (Å²) in [7, 11) is 3.90. The van der Waals surface area contributed by atoms with Gasteiger partial charge < -0.3 is 4.90 Å². The first-order valence-corrected chi connectivity index (χ1v) is 6.04. The van der Waals surface area contributed by atoms with Crippen LogP contribution in [0, 0.1) is 10.1 Å². The molecule has 1 aromatic rings. The van der Waals surface area contributed by atoms with E-state index < -0.39 is 4.92 Å². The zero-order chi connectivity index (χ0) is 12.8. The molecule has 0 radical (unpaired) electrons. The number of carbonyl (C=O) groups excluding carboxylic acids is 1. The predicted molar refractivity (Wildman–Crippen MR) is 67.8 cm³/mol. The molecule has 0 heterocycles. The van der Waals surface area contributed by atoms with E-state index >= 15 is 0 Å². The van der Waals surface area contributed by atoms with Crippen molar-refractivity contribution in [3.05, 3.63) is 33.9 Å². The first kappa shape index (κ1) is 13.7. The molecule has 0 aliphatic heterocycles. The third kappa shape index (κ3) is 4.16. The molecule has 0 spiro atoms. The maximum Gasteiger partial charge on any atom is 0.283 e. The fraction of sp³-hybridized carbons (Fsp3) is 0.364. The van der Waals surface area contributed by atoms with E-state index in [1.807, 2.05) is 19.0 Å². The Balaban J connectivity index is 2.83. The van der Waals surface area contributed by atoms with Gasteiger partial charge in [0.15, 0.2) is 0 Å². The Morgan fingerprint density at radius 1 is 1.47 bits per heavy atom. The normalized spacial score (nSPS) is 10.5. The molecule has 0 aromatic heterocycles. The maximum atomic E-state index is 10.9. The minimum atomic E-state index is -0.453. The molecule has 0 aliphatic rings. The average Bonchev–Trinajstić information content (AvgIpc) is 2.28. The molecule has 1 aromatic carbocycles. The van der Waals surface area contributed by atoms with Crippen LogP contribution in [0.4, 0.5) is 5.69 Å². The predicted octanol–water partition coefficient (Wildman–Crippen LogP) is 2.06. The van der Waals surface area contributed by atoms with Crippen LogP contribution >= 0.6 is 11.8 Å². The summed E-state index contributed by atoms with van der Waals surface area (Å²) in [5.74, 6) is 0.772. The van der Waals surface area contributed by atoms with Gasteiger partial charge in [0.1, 0.15) is 6.29 Å². The van der Waals surface area contributed by atoms with Gasteiger partial charge in [-0.2, -0.15) is 0 Å². The van der Waals surface area contributed by atoms with Crippen LogP contribution in [0.3, 0.4) is 0 Å². The summed E-state index contributed by atoms with van der Waals surface area (Å²) in [5, 5.41) is 10.9. The van der Waals surface area contributed by atoms with Crippen molar-refractivity contribution in [2.24, 2.45) is 0 Å². The van der Waals surface area contributed by atoms with Gasteiger partial charge in [0, 0.05) is 23.9 Å². The topological polar surface area (TPSA) is 63.5 Å². The Hall–Kier alpha value is -1.40. The monoisotopic (exact) mass is 254 g/mol. The second-order valence-electron chi connectivity index (χ2n) is 3.75. The Kier molecular flexibility index (Phi) is 5.11. The standard InChI is InChI=1S/C11H14N2O3S/c1-12(2)5-6-17-11-4-3-9(8-14)7-10(11)13(15)16/h3-4,7-8H,5-6H2,1-2H3. The maximum absolute atomic E-state index is 10.9. The van der Waals surface area contributed by atoms with Gasteiger partial charge in [0.25, 0.3) is 5.69 Å². The number of thioether (sulfide) groups is 1. The third-order valence-electron chi connectivity index (χ3n) is 2.11. The molecule has 0 unspecified atom stereocenters. The van der Waals surface area contributed by atoms with Crippen LogP contribution in [0.1, 0.15) is 10.4 Å². The lowest BCUT2D eigenvalue weighted by molar-refractivity contribution is -0.387. The van der Waals surface area contributed by atoms with Gasteiger partial charge in [-0.05, 0) is 20.2 Å². The van der Waals surface area contributed by atoms with Gasteiger partial charge in [0.2, 0.25) is 0 Å². The molecule has 0 saturated heterocycles. The van der Waals surface area contributed by atoms with Crippen LogP contribution in [0.5, 0.6) is 0 Å². The Morgan fingerprint density at radius 2 is 2.18 bits per heavy atom. The van der Waals surface area contributed by atoms with Crippen molar-refractivity contribution in [3.63, 3.8) is 0 Å². The van der Waals surface area contributed by atoms with Crippen molar-refractivity contribution in [2.75, 3.05) is 26.4 Å². The second kappa shape index (κ2) is 6.36. The second-order valence-corrected chi connectivity index (χ2v) is 4.89. The van der Waals surface area contributed by atoms with Crippen LogP contribution in [0.25, 0.3) is 0 Å². The highest BCUT2D eigenvalue weighted by molar-refractivity contribution is 7.99. The van der Waals surface area contributed by atoms with E-state index in [0.717, 1.165) is 12.3 Å². The molecule has 1 rings (SSSR count). The number of nitro benzene ring substituents is 1. The van der Waals surface area contributed by atoms with Crippen molar-refractivity contribution < 1.29 is 9.72 Å². The molecule has 0 fully saturated rings. The summed E-state index contributed by atoms with van der Waals surface area (Å²) in [4.78, 5) is 23.6. The van der Waals surface area contributed by atoms with E-state index in [4.69, 9.17) is 0 Å². The zero-order valence-electron chi connectivity index (χ0n) is 9.75. The number of aldehydes is 1. The molecule has 0 amide bonds. The highest BCUT2D eigenvalue weighted by Gasteiger charge is 2.14. The van der Waals surface area contributed by atoms with Gasteiger partial charge in [-0.3, -0.25) is 14.9 Å². The molecule has 0 N–H and O–H groups in total. The van der Waals surface area contributed by atoms with Gasteiger partial charge in [-0.25, -0.2) is 0 Å². The van der Waals surface area contributed by atoms with E-state index in [-0.39, 0.29) is 5.69 Å². The van der Waals surface area contributed by atoms with Crippen molar-refractivity contribution in [3.8, 4) is 0 Å². The molecular weight excluding hydrogens is 240 g/mol. The van der Waals surface area contributed by atoms with Gasteiger partial charge >= 0.3 is 0 Å². The zero-order valence-corrected chi connectivity index (χ0v) is 10.6. The number of benzene rings is 1. The molecule has 92 valence electrons. The molecular formula is C11H14N2O3S. The summed E-state index contributed by atoms with van der Waals surface area (Å²) < 4.78 is 0. The Labute approximate surface area is 104 Å². The van der Waals surface area contributed by atoms with Crippen LogP contribution in [0.15, 0.2) is 23.1 Å². The lowest BCUT2D eigenvalue weighted by atomic mass is 10.2. The van der Waals surface area contributed by atoms with Gasteiger partial charge in [-0.15, -0.1) is 11.8 Å². The van der Waals surface area contributed by atoms with Gasteiger partial charge in [0.05, 0.1) is 9.82 Å². The number of carbonyl (C=O) groups is 1. The Morgan fingerprint density at radius 3 is 2.71 bits per heavy atom.